The minimum absolute atomic E-state index is 0.145. The quantitative estimate of drug-likeness (QED) is 0.362. The number of hydrogen-bond acceptors (Lipinski definition) is 6. The summed E-state index contributed by atoms with van der Waals surface area (Å²) in [6.45, 7) is 1.39. The Morgan fingerprint density at radius 2 is 0.941 bits per heavy atom. The summed E-state index contributed by atoms with van der Waals surface area (Å²) in [4.78, 5) is 12.0. The molecule has 0 N–H and O–H groups in total. The van der Waals surface area contributed by atoms with Crippen LogP contribution in [0, 0.1) is 0 Å². The first-order chi connectivity index (χ1) is 8.18. The molecular formula is C9H21O7Si. The molecule has 0 aliphatic heterocycles. The summed E-state index contributed by atoms with van der Waals surface area (Å²) in [6, 6.07) is 0. The third-order valence-electron chi connectivity index (χ3n) is 1.70. The molecule has 0 aromatic carbocycles. The van der Waals surface area contributed by atoms with Gasteiger partial charge in [0.05, 0.1) is 39.6 Å². The minimum Gasteiger partial charge on any atom is -0.382 e. The maximum atomic E-state index is 12.0. The molecule has 0 unspecified atom stereocenters. The van der Waals surface area contributed by atoms with Crippen molar-refractivity contribution in [3.05, 3.63) is 0 Å². The normalized spacial score (nSPS) is 12.0. The summed E-state index contributed by atoms with van der Waals surface area (Å²) in [5, 5.41) is 0. The zero-order valence-corrected chi connectivity index (χ0v) is 11.6. The summed E-state index contributed by atoms with van der Waals surface area (Å²) in [5.41, 5.74) is 0. The van der Waals surface area contributed by atoms with Crippen LogP contribution in [-0.2, 0) is 32.3 Å². The van der Waals surface area contributed by atoms with Crippen molar-refractivity contribution in [1.82, 2.24) is 0 Å². The Morgan fingerprint density at radius 1 is 0.647 bits per heavy atom. The number of ether oxygens (including phenoxy) is 3. The molecule has 0 rings (SSSR count). The molecule has 8 heteroatoms. The van der Waals surface area contributed by atoms with Crippen LogP contribution in [-0.4, -0.2) is 70.0 Å². The molecule has 0 heterocycles. The number of hydrogen-bond donors (Lipinski definition) is 0. The highest BCUT2D eigenvalue weighted by molar-refractivity contribution is 6.51. The smallest absolute Gasteiger partial charge is 0.382 e. The molecule has 0 atom stereocenters. The zero-order chi connectivity index (χ0) is 13.0. The van der Waals surface area contributed by atoms with Gasteiger partial charge in [0.2, 0.25) is 0 Å². The lowest BCUT2D eigenvalue weighted by Crippen LogP contribution is -2.47. The van der Waals surface area contributed by atoms with Gasteiger partial charge in [-0.15, -0.1) is 0 Å². The van der Waals surface area contributed by atoms with E-state index in [9.17, 15) is 4.80 Å². The molecule has 17 heavy (non-hydrogen) atoms. The average Bonchev–Trinajstić information content (AvgIpc) is 2.30. The standard InChI is InChI=1S/C9H21O7Si/c1-11-4-7-14-17(10,15-8-5-12-2)16-9-6-13-3/h4-9H2,1-3H3. The second kappa shape index (κ2) is 11.1. The molecule has 103 valence electrons. The van der Waals surface area contributed by atoms with Gasteiger partial charge in [-0.05, 0) is 0 Å². The summed E-state index contributed by atoms with van der Waals surface area (Å²) in [7, 11) is 0.717. The first-order valence-electron chi connectivity index (χ1n) is 5.27. The summed E-state index contributed by atoms with van der Waals surface area (Å²) >= 11 is 0. The van der Waals surface area contributed by atoms with Crippen LogP contribution in [0.15, 0.2) is 0 Å². The third kappa shape index (κ3) is 9.62. The lowest BCUT2D eigenvalue weighted by atomic mass is 10.8. The van der Waals surface area contributed by atoms with Crippen molar-refractivity contribution in [2.24, 2.45) is 0 Å². The second-order valence-electron chi connectivity index (χ2n) is 3.02. The monoisotopic (exact) mass is 269 g/mol. The maximum absolute atomic E-state index is 12.0. The molecule has 0 amide bonds. The van der Waals surface area contributed by atoms with Crippen LogP contribution in [0.4, 0.5) is 0 Å². The van der Waals surface area contributed by atoms with Crippen LogP contribution in [0.5, 0.6) is 0 Å². The van der Waals surface area contributed by atoms with Crippen LogP contribution in [0.3, 0.4) is 0 Å². The fourth-order valence-corrected chi connectivity index (χ4v) is 2.13. The van der Waals surface area contributed by atoms with E-state index in [1.807, 2.05) is 0 Å². The molecule has 0 saturated heterocycles. The minimum atomic E-state index is -3.85. The van der Waals surface area contributed by atoms with E-state index in [0.29, 0.717) is 19.8 Å². The lowest BCUT2D eigenvalue weighted by Gasteiger charge is -2.20. The molecule has 0 bridgehead atoms. The van der Waals surface area contributed by atoms with E-state index in [1.165, 1.54) is 21.3 Å². The van der Waals surface area contributed by atoms with Crippen molar-refractivity contribution in [2.45, 2.75) is 0 Å². The largest absolute Gasteiger partial charge is 0.707 e. The fraction of sp³-hybridized carbons (Fsp3) is 1.00. The molecule has 0 aliphatic rings. The number of rotatable bonds is 12. The van der Waals surface area contributed by atoms with Crippen molar-refractivity contribution in [2.75, 3.05) is 61.0 Å². The molecule has 1 radical (unpaired) electrons. The highest BCUT2D eigenvalue weighted by Crippen LogP contribution is 2.06. The van der Waals surface area contributed by atoms with Crippen LogP contribution < -0.4 is 0 Å². The van der Waals surface area contributed by atoms with Gasteiger partial charge in [0, 0.05) is 21.3 Å². The summed E-state index contributed by atoms with van der Waals surface area (Å²) in [5.74, 6) is 0. The molecule has 0 aromatic heterocycles. The first kappa shape index (κ1) is 16.9. The van der Waals surface area contributed by atoms with Crippen molar-refractivity contribution in [1.29, 1.82) is 0 Å². The molecule has 0 fully saturated rings. The van der Waals surface area contributed by atoms with Crippen LogP contribution in [0.1, 0.15) is 0 Å². The van der Waals surface area contributed by atoms with Gasteiger partial charge >= 0.3 is 9.05 Å². The molecule has 0 spiro atoms. The molecule has 0 saturated carbocycles. The van der Waals surface area contributed by atoms with E-state index in [4.69, 9.17) is 27.5 Å². The predicted octanol–water partition coefficient (Wildman–Crippen LogP) is -0.158. The van der Waals surface area contributed by atoms with E-state index < -0.39 is 9.05 Å². The van der Waals surface area contributed by atoms with Crippen molar-refractivity contribution < 1.29 is 32.3 Å². The van der Waals surface area contributed by atoms with Crippen molar-refractivity contribution in [3.63, 3.8) is 0 Å². The Hall–Kier alpha value is -0.0631. The Labute approximate surface area is 103 Å². The Bertz CT molecular complexity index is 143. The van der Waals surface area contributed by atoms with Crippen LogP contribution in [0.25, 0.3) is 0 Å². The fourth-order valence-electron chi connectivity index (χ4n) is 0.875. The summed E-state index contributed by atoms with van der Waals surface area (Å²) in [6.07, 6.45) is 0. The van der Waals surface area contributed by atoms with Crippen molar-refractivity contribution >= 4 is 9.05 Å². The summed E-state index contributed by atoms with van der Waals surface area (Å²) < 4.78 is 29.6. The van der Waals surface area contributed by atoms with E-state index in [1.54, 1.807) is 0 Å². The highest BCUT2D eigenvalue weighted by Gasteiger charge is 2.43. The van der Waals surface area contributed by atoms with Gasteiger partial charge in [0.1, 0.15) is 0 Å². The highest BCUT2D eigenvalue weighted by atomic mass is 28.4. The van der Waals surface area contributed by atoms with E-state index in [2.05, 4.69) is 0 Å². The topological polar surface area (TPSA) is 75.3 Å². The van der Waals surface area contributed by atoms with E-state index >= 15 is 0 Å². The van der Waals surface area contributed by atoms with Crippen LogP contribution >= 0.6 is 0 Å². The molecule has 0 aliphatic carbocycles. The average molecular weight is 269 g/mol. The van der Waals surface area contributed by atoms with Gasteiger partial charge in [0.25, 0.3) is 0 Å². The maximum Gasteiger partial charge on any atom is 0.707 e. The molecule has 0 aromatic rings. The Morgan fingerprint density at radius 3 is 1.18 bits per heavy atom. The van der Waals surface area contributed by atoms with Crippen LogP contribution in [0.2, 0.25) is 0 Å². The first-order valence-corrected chi connectivity index (χ1v) is 6.91. The molecule has 7 nitrogen and oxygen atoms in total. The van der Waals surface area contributed by atoms with E-state index in [0.717, 1.165) is 0 Å². The van der Waals surface area contributed by atoms with Gasteiger partial charge in [-0.1, -0.05) is 0 Å². The zero-order valence-electron chi connectivity index (χ0n) is 10.6. The van der Waals surface area contributed by atoms with E-state index in [-0.39, 0.29) is 19.8 Å². The lowest BCUT2D eigenvalue weighted by molar-refractivity contribution is -0.0517. The second-order valence-corrected chi connectivity index (χ2v) is 4.89. The van der Waals surface area contributed by atoms with Gasteiger partial charge in [-0.3, -0.25) is 0 Å². The van der Waals surface area contributed by atoms with Gasteiger partial charge in [0.15, 0.2) is 0 Å². The Balaban J connectivity index is 3.95. The van der Waals surface area contributed by atoms with Crippen molar-refractivity contribution in [3.8, 4) is 0 Å². The van der Waals surface area contributed by atoms with Gasteiger partial charge in [-0.2, -0.15) is 0 Å². The number of methoxy groups -OCH3 is 3. The molecular weight excluding hydrogens is 248 g/mol. The Kier molecular flexibility index (Phi) is 11.0. The SMILES string of the molecule is COCCO[Si]([O])(OCCOC)OCCOC. The third-order valence-corrected chi connectivity index (χ3v) is 3.37. The van der Waals surface area contributed by atoms with Gasteiger partial charge in [-0.25, -0.2) is 4.80 Å². The van der Waals surface area contributed by atoms with Gasteiger partial charge < -0.3 is 27.5 Å². The predicted molar refractivity (Wildman–Crippen MR) is 59.9 cm³/mol.